The van der Waals surface area contributed by atoms with Gasteiger partial charge in [-0.3, -0.25) is 12.2 Å². The van der Waals surface area contributed by atoms with E-state index in [2.05, 4.69) is 24.3 Å². The molecule has 0 spiro atoms. The van der Waals surface area contributed by atoms with E-state index >= 15 is 0 Å². The van der Waals surface area contributed by atoms with Gasteiger partial charge in [0, 0.05) is 0 Å². The Morgan fingerprint density at radius 1 is 0.815 bits per heavy atom. The minimum absolute atomic E-state index is 0.222. The van der Waals surface area contributed by atoms with Crippen molar-refractivity contribution in [1.29, 1.82) is 0 Å². The Labute approximate surface area is 183 Å². The summed E-state index contributed by atoms with van der Waals surface area (Å²) >= 11 is 10.5. The van der Waals surface area contributed by atoms with Gasteiger partial charge >= 0.3 is 83.2 Å². The van der Waals surface area contributed by atoms with Gasteiger partial charge < -0.3 is 4.12 Å². The molecule has 0 bridgehead atoms. The van der Waals surface area contributed by atoms with E-state index in [9.17, 15) is 0 Å². The molecule has 0 atom stereocenters. The molecule has 2 aliphatic rings. The van der Waals surface area contributed by atoms with Gasteiger partial charge in [-0.25, -0.2) is 24.3 Å². The third-order valence-corrected chi connectivity index (χ3v) is 5.69. The second-order valence-electron chi connectivity index (χ2n) is 3.51. The quantitative estimate of drug-likeness (QED) is 0.314. The predicted molar refractivity (Wildman–Crippen MR) is 102 cm³/mol. The van der Waals surface area contributed by atoms with Crippen molar-refractivity contribution in [3.05, 3.63) is 48.6 Å². The average molecular weight is 527 g/mol. The van der Waals surface area contributed by atoms with Crippen molar-refractivity contribution in [1.82, 2.24) is 0 Å². The maximum absolute atomic E-state index is 9.02. The molecule has 0 aliphatic heterocycles. The molecule has 0 aromatic carbocycles. The topological polar surface area (TPSA) is 77.5 Å². The molecule has 0 heterocycles. The first-order valence-electron chi connectivity index (χ1n) is 6.74. The third kappa shape index (κ3) is 45.9. The molecule has 5 nitrogen and oxygen atoms in total. The minimum Gasteiger partial charge on any atom is -0.273 e. The zero-order valence-corrected chi connectivity index (χ0v) is 20.1. The SMILES string of the molecule is C[Si](Cl)O[Si](C)Cl.O=[C]=[Fe]=[C]=O.O=[C]=[Fe]=[C]=O.[C-]1=CC=CC1.[C-]1=CC=CC1. The van der Waals surface area contributed by atoms with Crippen LogP contribution < -0.4 is 0 Å². The Morgan fingerprint density at radius 3 is 1.19 bits per heavy atom. The van der Waals surface area contributed by atoms with Crippen LogP contribution in [0.4, 0.5) is 0 Å². The Balaban J connectivity index is -0.000000268. The van der Waals surface area contributed by atoms with Gasteiger partial charge in [0.25, 0.3) is 0 Å². The van der Waals surface area contributed by atoms with E-state index in [1.54, 1.807) is 0 Å². The van der Waals surface area contributed by atoms with Gasteiger partial charge in [-0.1, -0.05) is 0 Å². The summed E-state index contributed by atoms with van der Waals surface area (Å²) in [6, 6.07) is 0. The molecule has 27 heavy (non-hydrogen) atoms. The molecule has 0 aromatic rings. The molecule has 11 heteroatoms. The first-order valence-corrected chi connectivity index (χ1v) is 14.8. The van der Waals surface area contributed by atoms with E-state index in [-0.39, 0.29) is 28.2 Å². The Kier molecular flexibility index (Phi) is 34.5. The minimum atomic E-state index is -1.05. The summed E-state index contributed by atoms with van der Waals surface area (Å²) < 4.78 is 4.98. The second kappa shape index (κ2) is 30.0. The van der Waals surface area contributed by atoms with Crippen LogP contribution in [0.3, 0.4) is 0 Å². The Bertz CT molecular complexity index is 598. The predicted octanol–water partition coefficient (Wildman–Crippen LogP) is 2.73. The van der Waals surface area contributed by atoms with Crippen molar-refractivity contribution in [3.8, 4) is 0 Å². The Hall–Kier alpha value is -0.707. The number of halogens is 2. The van der Waals surface area contributed by atoms with Crippen molar-refractivity contribution in [2.45, 2.75) is 25.9 Å². The molecule has 150 valence electrons. The maximum atomic E-state index is 9.02. The summed E-state index contributed by atoms with van der Waals surface area (Å²) in [6.07, 6.45) is 20.0. The molecular formula is C16H16Cl2Fe2O5Si2-2. The number of hydrogen-bond acceptors (Lipinski definition) is 5. The van der Waals surface area contributed by atoms with Crippen LogP contribution in [0.1, 0.15) is 12.8 Å². The molecule has 0 aromatic heterocycles. The monoisotopic (exact) mass is 526 g/mol. The standard InChI is InChI=1S/2C5H5.C2H6Cl2OSi2.4CO.2Fe/c2*1-2-4-5-3-1;1-6(3)5-7(2)4;4*1-2;;/h2*1-3H,4H2;1-2H3;;;;;;/q2*-1;;;;;;;. The van der Waals surface area contributed by atoms with Crippen molar-refractivity contribution in [3.63, 3.8) is 0 Å². The molecule has 0 amide bonds. The van der Waals surface area contributed by atoms with Crippen molar-refractivity contribution >= 4 is 58.0 Å². The van der Waals surface area contributed by atoms with Crippen molar-refractivity contribution in [2.24, 2.45) is 0 Å². The van der Waals surface area contributed by atoms with Gasteiger partial charge in [-0.2, -0.15) is 12.2 Å². The zero-order valence-electron chi connectivity index (χ0n) is 14.4. The first kappa shape index (κ1) is 31.0. The maximum Gasteiger partial charge on any atom is -0.109 e. The van der Waals surface area contributed by atoms with Crippen LogP contribution in [0, 0.1) is 12.2 Å². The number of hydrogen-bond donors (Lipinski definition) is 0. The van der Waals surface area contributed by atoms with Gasteiger partial charge in [0.2, 0.25) is 0 Å². The van der Waals surface area contributed by atoms with Gasteiger partial charge in [-0.05, 0) is 13.1 Å². The van der Waals surface area contributed by atoms with Gasteiger partial charge in [0.05, 0.1) is 0 Å². The van der Waals surface area contributed by atoms with E-state index < -0.39 is 16.7 Å². The number of carbonyl (C=O) groups excluding carboxylic acids is 4. The van der Waals surface area contributed by atoms with Crippen LogP contribution in [0.5, 0.6) is 0 Å². The smallest absolute Gasteiger partial charge is 0.109 e. The summed E-state index contributed by atoms with van der Waals surface area (Å²) in [5, 5.41) is 0. The van der Waals surface area contributed by atoms with E-state index in [1.807, 2.05) is 37.4 Å². The van der Waals surface area contributed by atoms with E-state index in [0.717, 1.165) is 12.8 Å². The molecule has 2 rings (SSSR count). The summed E-state index contributed by atoms with van der Waals surface area (Å²) in [6.45, 7) is 3.70. The van der Waals surface area contributed by atoms with Gasteiger partial charge in [0.1, 0.15) is 0 Å². The van der Waals surface area contributed by atoms with E-state index in [4.69, 9.17) is 45.5 Å². The van der Waals surface area contributed by atoms with Crippen molar-refractivity contribution < 1.29 is 51.5 Å². The first-order chi connectivity index (χ1) is 13.0. The van der Waals surface area contributed by atoms with Crippen LogP contribution in [0.15, 0.2) is 36.5 Å². The van der Waals surface area contributed by atoms with Crippen LogP contribution >= 0.6 is 22.2 Å². The summed E-state index contributed by atoms with van der Waals surface area (Å²) in [5.41, 5.74) is 0. The number of allylic oxidation sites excluding steroid dienone is 8. The normalized spacial score (nSPS) is 11.2. The summed E-state index contributed by atoms with van der Waals surface area (Å²) in [7, 11) is -2.10. The molecule has 2 aliphatic carbocycles. The van der Waals surface area contributed by atoms with Crippen LogP contribution in [0.25, 0.3) is 0 Å². The van der Waals surface area contributed by atoms with Crippen molar-refractivity contribution in [2.75, 3.05) is 0 Å². The van der Waals surface area contributed by atoms with Crippen LogP contribution in [-0.2, 0) is 51.5 Å². The second-order valence-corrected chi connectivity index (χ2v) is 10.9. The fraction of sp³-hybridized carbons (Fsp3) is 0.250. The van der Waals surface area contributed by atoms with Gasteiger partial charge in [0.15, 0.2) is 0 Å². The molecule has 0 unspecified atom stereocenters. The molecule has 0 N–H and O–H groups in total. The van der Waals surface area contributed by atoms with E-state index in [0.29, 0.717) is 0 Å². The molecule has 0 saturated carbocycles. The van der Waals surface area contributed by atoms with Crippen LogP contribution in [-0.4, -0.2) is 35.8 Å². The van der Waals surface area contributed by atoms with Gasteiger partial charge in [-0.15, -0.1) is 35.0 Å². The van der Waals surface area contributed by atoms with Crippen LogP contribution in [0.2, 0.25) is 13.1 Å². The molecule has 2 radical (unpaired) electrons. The Morgan fingerprint density at radius 2 is 1.15 bits per heavy atom. The summed E-state index contributed by atoms with van der Waals surface area (Å²) in [5.74, 6) is 0. The molecular weight excluding hydrogens is 511 g/mol. The fourth-order valence-electron chi connectivity index (χ4n) is 0.904. The van der Waals surface area contributed by atoms with E-state index in [1.165, 1.54) is 19.1 Å². The summed E-state index contributed by atoms with van der Waals surface area (Å²) in [4.78, 5) is 41.4. The largest absolute Gasteiger partial charge is 0.273 e. The number of rotatable bonds is 2. The molecule has 0 saturated heterocycles. The average Bonchev–Trinajstić information content (AvgIpc) is 3.35. The molecule has 0 fully saturated rings. The third-order valence-electron chi connectivity index (χ3n) is 1.60. The zero-order chi connectivity index (χ0) is 21.2. The fourth-order valence-corrected chi connectivity index (χ4v) is 4.98.